The number of halogens is 1. The topological polar surface area (TPSA) is 60.0 Å². The lowest BCUT2D eigenvalue weighted by Gasteiger charge is -2.31. The fourth-order valence-electron chi connectivity index (χ4n) is 4.81. The van der Waals surface area contributed by atoms with Crippen LogP contribution in [-0.2, 0) is 6.54 Å². The Hall–Kier alpha value is -1.35. The molecular weight excluding hydrogens is 513 g/mol. The van der Waals surface area contributed by atoms with Crippen LogP contribution < -0.4 is 10.6 Å². The lowest BCUT2D eigenvalue weighted by Crippen LogP contribution is -2.46. The molecule has 1 aromatic carbocycles. The first kappa shape index (κ1) is 26.9. The predicted molar refractivity (Wildman–Crippen MR) is 144 cm³/mol. The maximum atomic E-state index is 12.0. The predicted octanol–water partition coefficient (Wildman–Crippen LogP) is 4.11. The zero-order valence-electron chi connectivity index (χ0n) is 20.1. The molecule has 7 heteroatoms. The Kier molecular flexibility index (Phi) is 11.8. The molecule has 1 aliphatic heterocycles. The second kappa shape index (κ2) is 14.0. The first-order chi connectivity index (χ1) is 15.1. The molecule has 2 N–H and O–H groups in total. The summed E-state index contributed by atoms with van der Waals surface area (Å²) in [5.41, 5.74) is 1.81. The summed E-state index contributed by atoms with van der Waals surface area (Å²) in [4.78, 5) is 21.1. The summed E-state index contributed by atoms with van der Waals surface area (Å²) in [7, 11) is 3.55. The van der Waals surface area contributed by atoms with Crippen molar-refractivity contribution in [3.8, 4) is 0 Å². The molecule has 1 unspecified atom stereocenters. The molecule has 0 spiro atoms. The zero-order valence-corrected chi connectivity index (χ0v) is 22.4. The third-order valence-corrected chi connectivity index (χ3v) is 6.59. The van der Waals surface area contributed by atoms with Crippen LogP contribution in [0.2, 0.25) is 0 Å². The third-order valence-electron chi connectivity index (χ3n) is 6.59. The van der Waals surface area contributed by atoms with Crippen LogP contribution >= 0.6 is 24.0 Å². The number of benzene rings is 1. The van der Waals surface area contributed by atoms with Crippen molar-refractivity contribution in [2.45, 2.75) is 64.5 Å². The molecule has 1 aliphatic carbocycles. The first-order valence-corrected chi connectivity index (χ1v) is 12.1. The Morgan fingerprint density at radius 2 is 1.78 bits per heavy atom. The molecule has 2 fully saturated rings. The molecule has 3 rings (SSSR count). The second-order valence-corrected chi connectivity index (χ2v) is 9.27. The highest BCUT2D eigenvalue weighted by Gasteiger charge is 2.27. The number of amides is 1. The molecule has 0 radical (unpaired) electrons. The number of aliphatic imine (C=N–C) groups is 1. The van der Waals surface area contributed by atoms with Crippen LogP contribution in [0.15, 0.2) is 29.3 Å². The van der Waals surface area contributed by atoms with Gasteiger partial charge in [-0.3, -0.25) is 9.69 Å². The largest absolute Gasteiger partial charge is 0.357 e. The van der Waals surface area contributed by atoms with Crippen molar-refractivity contribution in [1.29, 1.82) is 0 Å². The number of carbonyl (C=O) groups excluding carboxylic acids is 1. The van der Waals surface area contributed by atoms with Crippen LogP contribution in [0.4, 0.5) is 0 Å². The van der Waals surface area contributed by atoms with Crippen LogP contribution in [0.3, 0.4) is 0 Å². The van der Waals surface area contributed by atoms with Gasteiger partial charge in [0, 0.05) is 45.3 Å². The molecule has 1 atom stereocenters. The Labute approximate surface area is 211 Å². The van der Waals surface area contributed by atoms with E-state index >= 15 is 0 Å². The van der Waals surface area contributed by atoms with Crippen LogP contribution in [0.5, 0.6) is 0 Å². The molecule has 0 bridgehead atoms. The van der Waals surface area contributed by atoms with Gasteiger partial charge in [-0.2, -0.15) is 0 Å². The summed E-state index contributed by atoms with van der Waals surface area (Å²) in [5.74, 6) is 1.80. The van der Waals surface area contributed by atoms with Gasteiger partial charge in [0.2, 0.25) is 0 Å². The van der Waals surface area contributed by atoms with E-state index in [1.807, 2.05) is 24.3 Å². The molecule has 1 saturated carbocycles. The molecule has 1 amide bonds. The standard InChI is InChI=1S/C25H41N5O.HI/c1-4-26-25(27-17-20-12-14-22(15-13-20)24(31)29(2)3)28-18-23-11-8-16-30(23)19-21-9-6-5-7-10-21;/h12-15,21,23H,4-11,16-19H2,1-3H3,(H2,26,27,28);1H. The van der Waals surface area contributed by atoms with Gasteiger partial charge < -0.3 is 15.5 Å². The van der Waals surface area contributed by atoms with Gasteiger partial charge in [-0.15, -0.1) is 24.0 Å². The number of nitrogens with zero attached hydrogens (tertiary/aromatic N) is 3. The van der Waals surface area contributed by atoms with E-state index in [9.17, 15) is 4.79 Å². The van der Waals surface area contributed by atoms with E-state index in [0.29, 0.717) is 18.2 Å². The fourth-order valence-corrected chi connectivity index (χ4v) is 4.81. The van der Waals surface area contributed by atoms with Crippen LogP contribution in [0.25, 0.3) is 0 Å². The van der Waals surface area contributed by atoms with Crippen LogP contribution in [0.1, 0.15) is 67.8 Å². The molecule has 2 aliphatic rings. The average Bonchev–Trinajstić information content (AvgIpc) is 3.23. The summed E-state index contributed by atoms with van der Waals surface area (Å²) in [6.45, 7) is 7.02. The van der Waals surface area contributed by atoms with Crippen molar-refractivity contribution < 1.29 is 4.79 Å². The maximum Gasteiger partial charge on any atom is 0.253 e. The summed E-state index contributed by atoms with van der Waals surface area (Å²) in [6, 6.07) is 8.37. The summed E-state index contributed by atoms with van der Waals surface area (Å²) >= 11 is 0. The van der Waals surface area contributed by atoms with Gasteiger partial charge in [0.25, 0.3) is 5.91 Å². The van der Waals surface area contributed by atoms with Gasteiger partial charge in [0.1, 0.15) is 0 Å². The van der Waals surface area contributed by atoms with Gasteiger partial charge in [-0.25, -0.2) is 4.99 Å². The highest BCUT2D eigenvalue weighted by molar-refractivity contribution is 14.0. The van der Waals surface area contributed by atoms with Crippen molar-refractivity contribution in [1.82, 2.24) is 20.4 Å². The molecule has 1 saturated heterocycles. The van der Waals surface area contributed by atoms with E-state index in [1.54, 1.807) is 19.0 Å². The summed E-state index contributed by atoms with van der Waals surface area (Å²) < 4.78 is 0. The normalized spacial score (nSPS) is 20.0. The molecule has 6 nitrogen and oxygen atoms in total. The summed E-state index contributed by atoms with van der Waals surface area (Å²) in [5, 5.41) is 6.96. The zero-order chi connectivity index (χ0) is 22.1. The van der Waals surface area contributed by atoms with Gasteiger partial charge in [0.15, 0.2) is 5.96 Å². The van der Waals surface area contributed by atoms with Gasteiger partial charge >= 0.3 is 0 Å². The Bertz CT molecular complexity index is 716. The van der Waals surface area contributed by atoms with E-state index < -0.39 is 0 Å². The van der Waals surface area contributed by atoms with Crippen molar-refractivity contribution in [3.05, 3.63) is 35.4 Å². The van der Waals surface area contributed by atoms with Crippen molar-refractivity contribution >= 4 is 35.8 Å². The first-order valence-electron chi connectivity index (χ1n) is 12.1. The van der Waals surface area contributed by atoms with E-state index in [0.717, 1.165) is 30.5 Å². The average molecular weight is 556 g/mol. The SMILES string of the molecule is CCNC(=NCc1ccc(C(=O)N(C)C)cc1)NCC1CCCN1CC1CCCCC1.I. The lowest BCUT2D eigenvalue weighted by molar-refractivity contribution is 0.0827. The quantitative estimate of drug-likeness (QED) is 0.288. The smallest absolute Gasteiger partial charge is 0.253 e. The minimum absolute atomic E-state index is 0. The number of likely N-dealkylation sites (tertiary alicyclic amines) is 1. The number of hydrogen-bond acceptors (Lipinski definition) is 3. The number of carbonyl (C=O) groups is 1. The second-order valence-electron chi connectivity index (χ2n) is 9.27. The maximum absolute atomic E-state index is 12.0. The molecule has 180 valence electrons. The molecule has 1 aromatic rings. The number of rotatable bonds is 8. The monoisotopic (exact) mass is 555 g/mol. The summed E-state index contributed by atoms with van der Waals surface area (Å²) in [6.07, 6.45) is 9.69. The van der Waals surface area contributed by atoms with Crippen molar-refractivity contribution in [2.24, 2.45) is 10.9 Å². The van der Waals surface area contributed by atoms with Crippen molar-refractivity contribution in [2.75, 3.05) is 40.3 Å². The number of hydrogen-bond donors (Lipinski definition) is 2. The third kappa shape index (κ3) is 8.21. The van der Waals surface area contributed by atoms with Crippen LogP contribution in [-0.4, -0.2) is 68.0 Å². The highest BCUT2D eigenvalue weighted by atomic mass is 127. The number of guanidine groups is 1. The van der Waals surface area contributed by atoms with E-state index in [-0.39, 0.29) is 29.9 Å². The van der Waals surface area contributed by atoms with Gasteiger partial charge in [-0.05, 0) is 62.8 Å². The van der Waals surface area contributed by atoms with E-state index in [1.165, 1.54) is 58.0 Å². The van der Waals surface area contributed by atoms with Gasteiger partial charge in [0.05, 0.1) is 6.54 Å². The lowest BCUT2D eigenvalue weighted by atomic mass is 9.89. The minimum Gasteiger partial charge on any atom is -0.357 e. The number of nitrogens with one attached hydrogen (secondary N) is 2. The molecule has 1 heterocycles. The van der Waals surface area contributed by atoms with Crippen LogP contribution in [0, 0.1) is 5.92 Å². The minimum atomic E-state index is 0. The molecule has 32 heavy (non-hydrogen) atoms. The Morgan fingerprint density at radius 1 is 1.06 bits per heavy atom. The van der Waals surface area contributed by atoms with Crippen molar-refractivity contribution in [3.63, 3.8) is 0 Å². The highest BCUT2D eigenvalue weighted by Crippen LogP contribution is 2.27. The van der Waals surface area contributed by atoms with Gasteiger partial charge in [-0.1, -0.05) is 31.4 Å². The molecular formula is C25H42IN5O. The van der Waals surface area contributed by atoms with E-state index in [4.69, 9.17) is 4.99 Å². The Morgan fingerprint density at radius 3 is 2.44 bits per heavy atom. The van der Waals surface area contributed by atoms with E-state index in [2.05, 4.69) is 22.5 Å². The fraction of sp³-hybridized carbons (Fsp3) is 0.680. The Balaban J connectivity index is 0.00000363. The molecule has 0 aromatic heterocycles.